The van der Waals surface area contributed by atoms with E-state index in [0.29, 0.717) is 37.7 Å². The van der Waals surface area contributed by atoms with E-state index in [-0.39, 0.29) is 12.2 Å². The highest BCUT2D eigenvalue weighted by Crippen LogP contribution is 2.37. The maximum atomic E-state index is 14.2. The number of nitrogens with zero attached hydrogens (tertiary/aromatic N) is 4. The van der Waals surface area contributed by atoms with E-state index in [0.717, 1.165) is 48.9 Å². The summed E-state index contributed by atoms with van der Waals surface area (Å²) in [7, 11) is 3.12. The summed E-state index contributed by atoms with van der Waals surface area (Å²) in [5.74, 6) is 0.556. The molecule has 1 atom stereocenters. The molecule has 1 saturated heterocycles. The number of thiazole rings is 1. The molecule has 6 rings (SSSR count). The van der Waals surface area contributed by atoms with Gasteiger partial charge in [-0.3, -0.25) is 9.36 Å². The van der Waals surface area contributed by atoms with Crippen LogP contribution in [0.4, 0.5) is 5.69 Å². The van der Waals surface area contributed by atoms with Crippen LogP contribution in [-0.2, 0) is 14.3 Å². The summed E-state index contributed by atoms with van der Waals surface area (Å²) in [6.45, 7) is 11.1. The molecule has 2 aromatic heterocycles. The molecule has 0 bridgehead atoms. The lowest BCUT2D eigenvalue weighted by atomic mass is 9.95. The SMILES string of the molecule is CCOC(=O)C1=C(C)N=c2s/c(=C/c3cc(C)n(-c4ccc(N5CCOCC5)cc4)c3C)c(=O)n2[C@H]1c1ccc(OC)cc1OC. The monoisotopic (exact) mass is 642 g/mol. The van der Waals surface area contributed by atoms with Crippen molar-refractivity contribution in [3.63, 3.8) is 0 Å². The predicted octanol–water partition coefficient (Wildman–Crippen LogP) is 4.06. The number of allylic oxidation sites excluding steroid dienone is 1. The van der Waals surface area contributed by atoms with Gasteiger partial charge in [0.05, 0.1) is 49.8 Å². The van der Waals surface area contributed by atoms with Crippen molar-refractivity contribution in [2.24, 2.45) is 4.99 Å². The number of hydrogen-bond donors (Lipinski definition) is 0. The molecule has 0 spiro atoms. The summed E-state index contributed by atoms with van der Waals surface area (Å²) in [6, 6.07) is 15.2. The molecule has 11 heteroatoms. The molecule has 0 saturated carbocycles. The minimum atomic E-state index is -0.796. The number of hydrogen-bond acceptors (Lipinski definition) is 9. The Balaban J connectivity index is 1.44. The Morgan fingerprint density at radius 1 is 1.02 bits per heavy atom. The van der Waals surface area contributed by atoms with E-state index >= 15 is 0 Å². The van der Waals surface area contributed by atoms with Crippen LogP contribution in [0.2, 0.25) is 0 Å². The molecule has 10 nitrogen and oxygen atoms in total. The van der Waals surface area contributed by atoms with Gasteiger partial charge in [-0.1, -0.05) is 11.3 Å². The Bertz CT molecular complexity index is 2000. The van der Waals surface area contributed by atoms with Gasteiger partial charge >= 0.3 is 5.97 Å². The summed E-state index contributed by atoms with van der Waals surface area (Å²) < 4.78 is 26.3. The van der Waals surface area contributed by atoms with E-state index < -0.39 is 12.0 Å². The van der Waals surface area contributed by atoms with E-state index in [1.165, 1.54) is 17.0 Å². The molecule has 4 aromatic rings. The molecule has 0 N–H and O–H groups in total. The minimum absolute atomic E-state index is 0.193. The first-order valence-electron chi connectivity index (χ1n) is 15.3. The number of carbonyl (C=O) groups excluding carboxylic acids is 1. The zero-order valence-electron chi connectivity index (χ0n) is 27.0. The van der Waals surface area contributed by atoms with Gasteiger partial charge in [0.25, 0.3) is 5.56 Å². The number of methoxy groups -OCH3 is 2. The first-order valence-corrected chi connectivity index (χ1v) is 16.1. The summed E-state index contributed by atoms with van der Waals surface area (Å²) in [5.41, 5.74) is 6.39. The van der Waals surface area contributed by atoms with Gasteiger partial charge in [0.1, 0.15) is 17.5 Å². The van der Waals surface area contributed by atoms with Gasteiger partial charge in [-0.05, 0) is 81.8 Å². The van der Waals surface area contributed by atoms with Crippen molar-refractivity contribution in [3.05, 3.63) is 102 Å². The quantitative estimate of drug-likeness (QED) is 0.268. The fourth-order valence-corrected chi connectivity index (χ4v) is 7.27. The number of ether oxygens (including phenoxy) is 4. The Morgan fingerprint density at radius 3 is 2.41 bits per heavy atom. The van der Waals surface area contributed by atoms with Gasteiger partial charge in [0, 0.05) is 47.5 Å². The van der Waals surface area contributed by atoms with Gasteiger partial charge in [0.15, 0.2) is 4.80 Å². The molecule has 2 aliphatic rings. The van der Waals surface area contributed by atoms with E-state index in [9.17, 15) is 9.59 Å². The molecule has 0 amide bonds. The number of anilines is 1. The van der Waals surface area contributed by atoms with Gasteiger partial charge in [-0.25, -0.2) is 9.79 Å². The number of aryl methyl sites for hydroxylation is 1. The third-order valence-electron chi connectivity index (χ3n) is 8.49. The Morgan fingerprint density at radius 2 is 1.74 bits per heavy atom. The lowest BCUT2D eigenvalue weighted by molar-refractivity contribution is -0.139. The number of fused-ring (bicyclic) bond motifs is 1. The van der Waals surface area contributed by atoms with E-state index in [1.54, 1.807) is 44.8 Å². The zero-order chi connectivity index (χ0) is 32.5. The molecule has 4 heterocycles. The molecule has 2 aliphatic heterocycles. The Labute approximate surface area is 271 Å². The van der Waals surface area contributed by atoms with Gasteiger partial charge in [0.2, 0.25) is 0 Å². The molecule has 1 fully saturated rings. The lowest BCUT2D eigenvalue weighted by Crippen LogP contribution is -2.40. The topological polar surface area (TPSA) is 96.5 Å². The number of morpholine rings is 1. The smallest absolute Gasteiger partial charge is 0.338 e. The second-order valence-corrected chi connectivity index (χ2v) is 12.2. The highest BCUT2D eigenvalue weighted by atomic mass is 32.1. The third-order valence-corrected chi connectivity index (χ3v) is 9.48. The van der Waals surface area contributed by atoms with E-state index in [1.807, 2.05) is 12.1 Å². The van der Waals surface area contributed by atoms with Crippen LogP contribution in [0.15, 0.2) is 69.6 Å². The largest absolute Gasteiger partial charge is 0.497 e. The average molecular weight is 643 g/mol. The first-order chi connectivity index (χ1) is 22.2. The number of rotatable bonds is 8. The van der Waals surface area contributed by atoms with E-state index in [4.69, 9.17) is 23.9 Å². The first kappa shape index (κ1) is 31.4. The summed E-state index contributed by atoms with van der Waals surface area (Å²) in [5, 5.41) is 0. The van der Waals surface area contributed by atoms with Crippen LogP contribution in [0.1, 0.15) is 42.4 Å². The number of carbonyl (C=O) groups is 1. The van der Waals surface area contributed by atoms with Crippen molar-refractivity contribution in [1.82, 2.24) is 9.13 Å². The molecule has 240 valence electrons. The Kier molecular flexibility index (Phi) is 8.88. The van der Waals surface area contributed by atoms with Crippen LogP contribution in [-0.4, -0.2) is 62.2 Å². The second-order valence-electron chi connectivity index (χ2n) is 11.2. The molecule has 0 aliphatic carbocycles. The maximum Gasteiger partial charge on any atom is 0.338 e. The van der Waals surface area contributed by atoms with Crippen molar-refractivity contribution in [2.75, 3.05) is 52.0 Å². The lowest BCUT2D eigenvalue weighted by Gasteiger charge is -2.29. The number of esters is 1. The normalized spacial score (nSPS) is 16.7. The standard InChI is InChI=1S/C35H38N4O6S/c1-7-45-34(41)31-22(3)36-35-39(32(31)28-13-12-27(42-5)20-29(28)43-6)33(40)30(46-35)19-24-18-21(2)38(23(24)4)26-10-8-25(9-11-26)37-14-16-44-17-15-37/h8-13,18-20,32H,7,14-17H2,1-6H3/b30-19+/t32-/m0/s1. The maximum absolute atomic E-state index is 14.2. The predicted molar refractivity (Wildman–Crippen MR) is 178 cm³/mol. The molecule has 0 unspecified atom stereocenters. The van der Waals surface area contributed by atoms with Gasteiger partial charge in [-0.2, -0.15) is 0 Å². The van der Waals surface area contributed by atoms with Crippen LogP contribution >= 0.6 is 11.3 Å². The highest BCUT2D eigenvalue weighted by Gasteiger charge is 2.35. The van der Waals surface area contributed by atoms with Crippen molar-refractivity contribution in [3.8, 4) is 17.2 Å². The van der Waals surface area contributed by atoms with Crippen molar-refractivity contribution in [1.29, 1.82) is 0 Å². The molecule has 2 aromatic carbocycles. The summed E-state index contributed by atoms with van der Waals surface area (Å²) in [4.78, 5) is 35.1. The van der Waals surface area contributed by atoms with Gasteiger partial charge in [-0.15, -0.1) is 0 Å². The van der Waals surface area contributed by atoms with Crippen LogP contribution < -0.4 is 29.3 Å². The van der Waals surface area contributed by atoms with Crippen molar-refractivity contribution < 1.29 is 23.7 Å². The fourth-order valence-electron chi connectivity index (χ4n) is 6.24. The average Bonchev–Trinajstić information content (AvgIpc) is 3.53. The number of benzene rings is 2. The molecular formula is C35H38N4O6S. The third kappa shape index (κ3) is 5.65. The van der Waals surface area contributed by atoms with Crippen molar-refractivity contribution >= 4 is 29.1 Å². The van der Waals surface area contributed by atoms with Crippen LogP contribution in [0.5, 0.6) is 11.5 Å². The molecule has 46 heavy (non-hydrogen) atoms. The van der Waals surface area contributed by atoms with E-state index in [2.05, 4.69) is 53.6 Å². The second kappa shape index (κ2) is 13.0. The molecular weight excluding hydrogens is 604 g/mol. The Hall–Kier alpha value is -4.61. The zero-order valence-corrected chi connectivity index (χ0v) is 27.8. The van der Waals surface area contributed by atoms with Crippen molar-refractivity contribution in [2.45, 2.75) is 33.7 Å². The fraction of sp³-hybridized carbons (Fsp3) is 0.343. The highest BCUT2D eigenvalue weighted by molar-refractivity contribution is 7.07. The van der Waals surface area contributed by atoms with Crippen LogP contribution in [0.25, 0.3) is 11.8 Å². The number of aromatic nitrogens is 2. The van der Waals surface area contributed by atoms with Gasteiger partial charge < -0.3 is 28.4 Å². The summed E-state index contributed by atoms with van der Waals surface area (Å²) in [6.07, 6.45) is 1.91. The van der Waals surface area contributed by atoms with Crippen LogP contribution in [0.3, 0.4) is 0 Å². The molecule has 0 radical (unpaired) electrons. The minimum Gasteiger partial charge on any atom is -0.497 e. The summed E-state index contributed by atoms with van der Waals surface area (Å²) >= 11 is 1.30. The van der Waals surface area contributed by atoms with Crippen LogP contribution in [0, 0.1) is 13.8 Å².